The van der Waals surface area contributed by atoms with Crippen LogP contribution in [0.1, 0.15) is 57.4 Å². The molecule has 0 bridgehead atoms. The van der Waals surface area contributed by atoms with Crippen molar-refractivity contribution in [1.82, 2.24) is 9.80 Å². The summed E-state index contributed by atoms with van der Waals surface area (Å²) in [6.07, 6.45) is 4.76. The zero-order chi connectivity index (χ0) is 19.0. The topological polar surface area (TPSA) is 49.9 Å². The van der Waals surface area contributed by atoms with Gasteiger partial charge >= 0.3 is 6.09 Å². The maximum Gasteiger partial charge on any atom is 0.410 e. The van der Waals surface area contributed by atoms with Crippen molar-refractivity contribution < 1.29 is 14.3 Å². The van der Waals surface area contributed by atoms with E-state index in [1.807, 2.05) is 36.9 Å². The highest BCUT2D eigenvalue weighted by Gasteiger charge is 2.49. The zero-order valence-electron chi connectivity index (χ0n) is 16.4. The van der Waals surface area contributed by atoms with Gasteiger partial charge in [0, 0.05) is 25.7 Å². The summed E-state index contributed by atoms with van der Waals surface area (Å²) in [4.78, 5) is 29.4. The van der Waals surface area contributed by atoms with Crippen LogP contribution in [0.25, 0.3) is 0 Å². The third-order valence-corrected chi connectivity index (χ3v) is 6.33. The minimum Gasteiger partial charge on any atom is -0.447 e. The largest absolute Gasteiger partial charge is 0.447 e. The third-order valence-electron chi connectivity index (χ3n) is 6.33. The number of hydrogen-bond donors (Lipinski definition) is 0. The predicted octanol–water partition coefficient (Wildman–Crippen LogP) is 3.79. The van der Waals surface area contributed by atoms with E-state index in [4.69, 9.17) is 4.74 Å². The second-order valence-electron chi connectivity index (χ2n) is 8.78. The zero-order valence-corrected chi connectivity index (χ0v) is 16.4. The Bertz CT molecular complexity index is 691. The molecule has 2 amide bonds. The number of amides is 2. The molecule has 2 heterocycles. The number of hydrogen-bond acceptors (Lipinski definition) is 3. The van der Waals surface area contributed by atoms with Gasteiger partial charge in [0.2, 0.25) is 5.91 Å². The molecule has 5 heteroatoms. The molecule has 27 heavy (non-hydrogen) atoms. The molecule has 1 saturated carbocycles. The standard InChI is InChI=1S/C22H30N2O3/c1-16(2)27-21(26)23-12-10-22(11-13-23)14-19(17-6-4-3-5-7-17)20(25)24(15-22)18-8-9-18/h3-7,16,18-19H,8-15H2,1-2H3. The van der Waals surface area contributed by atoms with Crippen LogP contribution < -0.4 is 0 Å². The fourth-order valence-corrected chi connectivity index (χ4v) is 4.67. The lowest BCUT2D eigenvalue weighted by Gasteiger charge is -2.50. The molecule has 3 aliphatic rings. The number of carbonyl (C=O) groups is 2. The van der Waals surface area contributed by atoms with Crippen LogP contribution >= 0.6 is 0 Å². The van der Waals surface area contributed by atoms with Crippen LogP contribution in [0.5, 0.6) is 0 Å². The molecular formula is C22H30N2O3. The molecule has 5 nitrogen and oxygen atoms in total. The van der Waals surface area contributed by atoms with Crippen molar-refractivity contribution in [3.8, 4) is 0 Å². The van der Waals surface area contributed by atoms with Gasteiger partial charge in [-0.3, -0.25) is 4.79 Å². The summed E-state index contributed by atoms with van der Waals surface area (Å²) >= 11 is 0. The monoisotopic (exact) mass is 370 g/mol. The Morgan fingerprint density at radius 3 is 2.41 bits per heavy atom. The minimum atomic E-state index is -0.203. The molecule has 0 radical (unpaired) electrons. The molecule has 2 saturated heterocycles. The fraction of sp³-hybridized carbons (Fsp3) is 0.636. The average molecular weight is 370 g/mol. The molecule has 1 aliphatic carbocycles. The molecule has 1 spiro atoms. The van der Waals surface area contributed by atoms with E-state index in [0.717, 1.165) is 57.3 Å². The lowest BCUT2D eigenvalue weighted by atomic mass is 9.67. The van der Waals surface area contributed by atoms with Crippen LogP contribution in [-0.2, 0) is 9.53 Å². The van der Waals surface area contributed by atoms with Gasteiger partial charge < -0.3 is 14.5 Å². The molecule has 0 aromatic heterocycles. The van der Waals surface area contributed by atoms with Crippen LogP contribution in [-0.4, -0.2) is 53.6 Å². The van der Waals surface area contributed by atoms with Crippen molar-refractivity contribution in [3.05, 3.63) is 35.9 Å². The van der Waals surface area contributed by atoms with Gasteiger partial charge in [0.1, 0.15) is 0 Å². The number of rotatable bonds is 3. The van der Waals surface area contributed by atoms with Crippen molar-refractivity contribution >= 4 is 12.0 Å². The second kappa shape index (κ2) is 7.17. The highest BCUT2D eigenvalue weighted by molar-refractivity contribution is 5.85. The van der Waals surface area contributed by atoms with E-state index >= 15 is 0 Å². The van der Waals surface area contributed by atoms with E-state index in [1.165, 1.54) is 0 Å². The Balaban J connectivity index is 1.51. The minimum absolute atomic E-state index is 0.0466. The first-order valence-electron chi connectivity index (χ1n) is 10.3. The molecule has 1 aromatic rings. The summed E-state index contributed by atoms with van der Waals surface area (Å²) in [6.45, 7) is 6.06. The Morgan fingerprint density at radius 1 is 1.15 bits per heavy atom. The SMILES string of the molecule is CC(C)OC(=O)N1CCC2(CC1)CC(c1ccccc1)C(=O)N(C1CC1)C2. The first-order chi connectivity index (χ1) is 13.0. The van der Waals surface area contributed by atoms with Gasteiger partial charge in [0.15, 0.2) is 0 Å². The average Bonchev–Trinajstić information content (AvgIpc) is 3.49. The maximum absolute atomic E-state index is 13.2. The smallest absolute Gasteiger partial charge is 0.410 e. The summed E-state index contributed by atoms with van der Waals surface area (Å²) in [5.41, 5.74) is 1.25. The number of carbonyl (C=O) groups excluding carboxylic acids is 2. The van der Waals surface area contributed by atoms with Gasteiger partial charge in [-0.05, 0) is 56.9 Å². The van der Waals surface area contributed by atoms with Crippen molar-refractivity contribution in [2.45, 2.75) is 64.0 Å². The Hall–Kier alpha value is -2.04. The lowest BCUT2D eigenvalue weighted by molar-refractivity contribution is -0.142. The highest BCUT2D eigenvalue weighted by atomic mass is 16.6. The van der Waals surface area contributed by atoms with E-state index < -0.39 is 0 Å². The Labute approximate surface area is 161 Å². The molecule has 3 fully saturated rings. The van der Waals surface area contributed by atoms with E-state index in [-0.39, 0.29) is 23.5 Å². The Kier molecular flexibility index (Phi) is 4.87. The van der Waals surface area contributed by atoms with E-state index in [2.05, 4.69) is 17.0 Å². The number of ether oxygens (including phenoxy) is 1. The van der Waals surface area contributed by atoms with Crippen molar-refractivity contribution in [2.75, 3.05) is 19.6 Å². The summed E-state index contributed by atoms with van der Waals surface area (Å²) in [5, 5.41) is 0. The number of benzene rings is 1. The maximum atomic E-state index is 13.2. The van der Waals surface area contributed by atoms with Gasteiger partial charge in [-0.2, -0.15) is 0 Å². The fourth-order valence-electron chi connectivity index (χ4n) is 4.67. The van der Waals surface area contributed by atoms with Gasteiger partial charge in [-0.25, -0.2) is 4.79 Å². The number of piperidine rings is 2. The third kappa shape index (κ3) is 3.83. The van der Waals surface area contributed by atoms with Crippen LogP contribution in [0.3, 0.4) is 0 Å². The molecule has 1 aromatic carbocycles. The second-order valence-corrected chi connectivity index (χ2v) is 8.78. The van der Waals surface area contributed by atoms with Crippen LogP contribution in [0, 0.1) is 5.41 Å². The van der Waals surface area contributed by atoms with E-state index in [0.29, 0.717) is 11.9 Å². The molecule has 2 aliphatic heterocycles. The van der Waals surface area contributed by atoms with Crippen LogP contribution in [0.15, 0.2) is 30.3 Å². The Morgan fingerprint density at radius 2 is 1.81 bits per heavy atom. The summed E-state index contributed by atoms with van der Waals surface area (Å²) in [5.74, 6) is 0.255. The van der Waals surface area contributed by atoms with Crippen molar-refractivity contribution in [3.63, 3.8) is 0 Å². The molecule has 0 N–H and O–H groups in total. The van der Waals surface area contributed by atoms with Gasteiger partial charge in [0.25, 0.3) is 0 Å². The lowest BCUT2D eigenvalue weighted by Crippen LogP contribution is -2.55. The molecular weight excluding hydrogens is 340 g/mol. The highest BCUT2D eigenvalue weighted by Crippen LogP contribution is 2.48. The molecule has 146 valence electrons. The van der Waals surface area contributed by atoms with Crippen LogP contribution in [0.4, 0.5) is 4.79 Å². The first kappa shape index (κ1) is 18.3. The molecule has 4 rings (SSSR count). The van der Waals surface area contributed by atoms with Gasteiger partial charge in [-0.15, -0.1) is 0 Å². The van der Waals surface area contributed by atoms with E-state index in [9.17, 15) is 9.59 Å². The number of likely N-dealkylation sites (tertiary alicyclic amines) is 2. The van der Waals surface area contributed by atoms with Crippen LogP contribution in [0.2, 0.25) is 0 Å². The predicted molar refractivity (Wildman–Crippen MR) is 103 cm³/mol. The normalized spacial score (nSPS) is 25.1. The van der Waals surface area contributed by atoms with Gasteiger partial charge in [0.05, 0.1) is 12.0 Å². The number of nitrogens with zero attached hydrogens (tertiary/aromatic N) is 2. The summed E-state index contributed by atoms with van der Waals surface area (Å²) in [6, 6.07) is 10.7. The molecule has 1 atom stereocenters. The van der Waals surface area contributed by atoms with Crippen molar-refractivity contribution in [1.29, 1.82) is 0 Å². The summed E-state index contributed by atoms with van der Waals surface area (Å²) in [7, 11) is 0. The molecule has 1 unspecified atom stereocenters. The first-order valence-corrected chi connectivity index (χ1v) is 10.3. The van der Waals surface area contributed by atoms with E-state index in [1.54, 1.807) is 0 Å². The van der Waals surface area contributed by atoms with Gasteiger partial charge in [-0.1, -0.05) is 30.3 Å². The summed E-state index contributed by atoms with van der Waals surface area (Å²) < 4.78 is 5.36. The van der Waals surface area contributed by atoms with Crippen molar-refractivity contribution in [2.24, 2.45) is 5.41 Å². The quantitative estimate of drug-likeness (QED) is 0.813.